The van der Waals surface area contributed by atoms with Gasteiger partial charge in [-0.05, 0) is 25.0 Å². The molecule has 0 radical (unpaired) electrons. The molecule has 0 amide bonds. The zero-order valence-corrected chi connectivity index (χ0v) is 22.4. The van der Waals surface area contributed by atoms with Crippen molar-refractivity contribution in [3.05, 3.63) is 68.8 Å². The Morgan fingerprint density at radius 2 is 0.974 bits per heavy atom. The highest BCUT2D eigenvalue weighted by Gasteiger charge is 2.32. The van der Waals surface area contributed by atoms with Gasteiger partial charge in [0.1, 0.15) is 0 Å². The second kappa shape index (κ2) is 13.2. The van der Waals surface area contributed by atoms with E-state index in [9.17, 15) is 37.1 Å². The lowest BCUT2D eigenvalue weighted by Gasteiger charge is -2.25. The predicted octanol–water partition coefficient (Wildman–Crippen LogP) is 2.74. The van der Waals surface area contributed by atoms with Crippen LogP contribution in [0, 0.1) is 20.2 Å². The van der Waals surface area contributed by atoms with E-state index in [0.717, 1.165) is 18.6 Å². The maximum atomic E-state index is 13.3. The molecule has 0 atom stereocenters. The molecule has 3 rings (SSSR count). The van der Waals surface area contributed by atoms with E-state index in [2.05, 4.69) is 5.32 Å². The van der Waals surface area contributed by atoms with Gasteiger partial charge < -0.3 is 5.32 Å². The minimum atomic E-state index is -4.14. The van der Waals surface area contributed by atoms with Crippen molar-refractivity contribution in [3.8, 4) is 0 Å². The third kappa shape index (κ3) is 7.11. The van der Waals surface area contributed by atoms with Gasteiger partial charge in [-0.1, -0.05) is 43.5 Å². The number of para-hydroxylation sites is 2. The molecule has 1 aliphatic heterocycles. The first-order valence-electron chi connectivity index (χ1n) is 12.2. The molecule has 1 fully saturated rings. The van der Waals surface area contributed by atoms with Crippen LogP contribution in [-0.4, -0.2) is 74.6 Å². The minimum Gasteiger partial charge on any atom is -0.314 e. The number of hydrogen-bond donors (Lipinski definition) is 1. The van der Waals surface area contributed by atoms with E-state index in [-0.39, 0.29) is 49.1 Å². The monoisotopic (exact) mass is 569 g/mol. The van der Waals surface area contributed by atoms with Crippen LogP contribution in [0.3, 0.4) is 0 Å². The third-order valence-electron chi connectivity index (χ3n) is 6.25. The van der Waals surface area contributed by atoms with Crippen molar-refractivity contribution in [2.75, 3.05) is 39.3 Å². The van der Waals surface area contributed by atoms with Gasteiger partial charge in [0.15, 0.2) is 9.79 Å². The number of nitrogens with one attached hydrogen (secondary N) is 1. The molecule has 15 heteroatoms. The van der Waals surface area contributed by atoms with Crippen molar-refractivity contribution < 1.29 is 26.7 Å². The van der Waals surface area contributed by atoms with Crippen LogP contribution in [0.15, 0.2) is 58.3 Å². The standard InChI is InChI=1S/C23H31N5O8S2/c29-27(30)20-10-4-6-12-22(20)37(33,34)25-16-8-2-1-3-9-17-26(19-15-24-14-18-25)38(35,36)23-13-7-5-11-21(23)28(31)32/h4-7,10-13,24H,1-3,8-9,14-19H2. The fraction of sp³-hybridized carbons (Fsp3) is 0.478. The van der Waals surface area contributed by atoms with E-state index in [1.807, 2.05) is 0 Å². The molecule has 208 valence electrons. The summed E-state index contributed by atoms with van der Waals surface area (Å²) in [7, 11) is -8.29. The zero-order valence-electron chi connectivity index (χ0n) is 20.8. The maximum absolute atomic E-state index is 13.3. The second-order valence-corrected chi connectivity index (χ2v) is 12.6. The quantitative estimate of drug-likeness (QED) is 0.405. The first-order chi connectivity index (χ1) is 18.1. The van der Waals surface area contributed by atoms with Gasteiger partial charge in [-0.2, -0.15) is 8.61 Å². The molecule has 1 saturated heterocycles. The van der Waals surface area contributed by atoms with Gasteiger partial charge >= 0.3 is 0 Å². The van der Waals surface area contributed by atoms with Crippen molar-refractivity contribution in [2.45, 2.75) is 41.9 Å². The summed E-state index contributed by atoms with van der Waals surface area (Å²) in [6, 6.07) is 10.4. The first-order valence-corrected chi connectivity index (χ1v) is 15.1. The molecule has 0 saturated carbocycles. The third-order valence-corrected chi connectivity index (χ3v) is 10.1. The van der Waals surface area contributed by atoms with Gasteiger partial charge in [0.05, 0.1) is 9.85 Å². The molecule has 13 nitrogen and oxygen atoms in total. The van der Waals surface area contributed by atoms with Crippen LogP contribution in [0.25, 0.3) is 0 Å². The largest absolute Gasteiger partial charge is 0.314 e. The second-order valence-electron chi connectivity index (χ2n) is 8.78. The molecule has 1 heterocycles. The average molecular weight is 570 g/mol. The normalized spacial score (nSPS) is 17.9. The summed E-state index contributed by atoms with van der Waals surface area (Å²) in [6.07, 6.45) is 3.19. The van der Waals surface area contributed by atoms with Gasteiger partial charge in [0.2, 0.25) is 20.0 Å². The Hall–Kier alpha value is -2.98. The van der Waals surface area contributed by atoms with Crippen LogP contribution >= 0.6 is 0 Å². The SMILES string of the molecule is O=[N+]([O-])c1ccccc1S(=O)(=O)N1CCCCCCCN(S(=O)(=O)c2ccccc2[N+](=O)[O-])CCNCC1. The van der Waals surface area contributed by atoms with Crippen LogP contribution in [-0.2, 0) is 20.0 Å². The fourth-order valence-electron chi connectivity index (χ4n) is 4.27. The molecule has 0 spiro atoms. The number of rotatable bonds is 6. The highest BCUT2D eigenvalue weighted by Crippen LogP contribution is 2.28. The topological polar surface area (TPSA) is 173 Å². The number of hydrogen-bond acceptors (Lipinski definition) is 9. The Labute approximate surface area is 221 Å². The Morgan fingerprint density at radius 3 is 1.37 bits per heavy atom. The van der Waals surface area contributed by atoms with Gasteiger partial charge in [0.25, 0.3) is 11.4 Å². The lowest BCUT2D eigenvalue weighted by Crippen LogP contribution is -2.41. The molecule has 1 aliphatic rings. The van der Waals surface area contributed by atoms with Crippen LogP contribution < -0.4 is 5.32 Å². The summed E-state index contributed by atoms with van der Waals surface area (Å²) < 4.78 is 55.8. The smallest absolute Gasteiger partial charge is 0.289 e. The van der Waals surface area contributed by atoms with E-state index >= 15 is 0 Å². The molecule has 0 bridgehead atoms. The molecule has 38 heavy (non-hydrogen) atoms. The highest BCUT2D eigenvalue weighted by molar-refractivity contribution is 7.89. The summed E-state index contributed by atoms with van der Waals surface area (Å²) in [5, 5.41) is 25.9. The Morgan fingerprint density at radius 1 is 0.605 bits per heavy atom. The molecule has 0 unspecified atom stereocenters. The van der Waals surface area contributed by atoms with Crippen LogP contribution in [0.5, 0.6) is 0 Å². The predicted molar refractivity (Wildman–Crippen MR) is 140 cm³/mol. The highest BCUT2D eigenvalue weighted by atomic mass is 32.2. The van der Waals surface area contributed by atoms with Gasteiger partial charge in [-0.3, -0.25) is 20.2 Å². The summed E-state index contributed by atoms with van der Waals surface area (Å²) in [5.41, 5.74) is -0.980. The number of sulfonamides is 2. The van der Waals surface area contributed by atoms with Gasteiger partial charge in [-0.15, -0.1) is 0 Å². The van der Waals surface area contributed by atoms with E-state index < -0.39 is 41.3 Å². The molecule has 2 aromatic rings. The van der Waals surface area contributed by atoms with Crippen molar-refractivity contribution in [2.24, 2.45) is 0 Å². The summed E-state index contributed by atoms with van der Waals surface area (Å²) in [6.45, 7) is 0.831. The van der Waals surface area contributed by atoms with E-state index in [0.29, 0.717) is 25.7 Å². The molecule has 1 N–H and O–H groups in total. The Kier molecular flexibility index (Phi) is 10.3. The molecule has 0 aromatic heterocycles. The zero-order chi connectivity index (χ0) is 27.8. The van der Waals surface area contributed by atoms with Crippen molar-refractivity contribution in [1.82, 2.24) is 13.9 Å². The Balaban J connectivity index is 1.77. The minimum absolute atomic E-state index is 0.0330. The summed E-state index contributed by atoms with van der Waals surface area (Å²) >= 11 is 0. The number of nitro groups is 2. The van der Waals surface area contributed by atoms with Crippen LogP contribution in [0.2, 0.25) is 0 Å². The summed E-state index contributed by atoms with van der Waals surface area (Å²) in [4.78, 5) is 20.7. The van der Waals surface area contributed by atoms with E-state index in [4.69, 9.17) is 0 Å². The Bertz CT molecular complexity index is 1250. The summed E-state index contributed by atoms with van der Waals surface area (Å²) in [5.74, 6) is 0. The van der Waals surface area contributed by atoms with Crippen LogP contribution in [0.1, 0.15) is 32.1 Å². The van der Waals surface area contributed by atoms with Crippen molar-refractivity contribution >= 4 is 31.4 Å². The van der Waals surface area contributed by atoms with Gasteiger partial charge in [-0.25, -0.2) is 16.8 Å². The average Bonchev–Trinajstić information content (AvgIpc) is 2.89. The molecule has 0 aliphatic carbocycles. The van der Waals surface area contributed by atoms with E-state index in [1.54, 1.807) is 0 Å². The fourth-order valence-corrected chi connectivity index (χ4v) is 7.55. The molecular weight excluding hydrogens is 538 g/mol. The lowest BCUT2D eigenvalue weighted by atomic mass is 10.1. The molecular formula is C23H31N5O8S2. The maximum Gasteiger partial charge on any atom is 0.289 e. The van der Waals surface area contributed by atoms with Crippen molar-refractivity contribution in [3.63, 3.8) is 0 Å². The number of benzene rings is 2. The molecule has 2 aromatic carbocycles. The first kappa shape index (κ1) is 29.6. The number of nitrogens with zero attached hydrogens (tertiary/aromatic N) is 4. The van der Waals surface area contributed by atoms with Crippen LogP contribution in [0.4, 0.5) is 11.4 Å². The lowest BCUT2D eigenvalue weighted by molar-refractivity contribution is -0.388. The van der Waals surface area contributed by atoms with Crippen molar-refractivity contribution in [1.29, 1.82) is 0 Å². The van der Waals surface area contributed by atoms with Gasteiger partial charge in [0, 0.05) is 51.4 Å². The number of nitro benzene ring substituents is 2. The van der Waals surface area contributed by atoms with E-state index in [1.165, 1.54) is 45.0 Å².